The molecule has 53 heavy (non-hydrogen) atoms. The number of nitrogens with zero attached hydrogens (tertiary/aromatic N) is 5. The number of halogens is 4. The van der Waals surface area contributed by atoms with Gasteiger partial charge in [-0.15, -0.1) is 0 Å². The van der Waals surface area contributed by atoms with Gasteiger partial charge in [-0.2, -0.15) is 26.2 Å². The largest absolute Gasteiger partial charge is 1.00 e. The van der Waals surface area contributed by atoms with E-state index in [1.165, 1.54) is 17.0 Å². The van der Waals surface area contributed by atoms with Gasteiger partial charge in [0, 0.05) is 47.1 Å². The van der Waals surface area contributed by atoms with E-state index >= 15 is 0 Å². The second-order valence-corrected chi connectivity index (χ2v) is 13.2. The molecule has 0 spiro atoms. The molecule has 0 fully saturated rings. The highest BCUT2D eigenvalue weighted by molar-refractivity contribution is 7.85. The Hall–Kier alpha value is -5.15. The second kappa shape index (κ2) is 18.1. The van der Waals surface area contributed by atoms with Gasteiger partial charge in [-0.25, -0.2) is 19.7 Å². The van der Waals surface area contributed by atoms with Crippen LogP contribution in [0, 0.1) is 13.8 Å². The van der Waals surface area contributed by atoms with Gasteiger partial charge < -0.3 is 49.2 Å². The van der Waals surface area contributed by atoms with Crippen molar-refractivity contribution in [3.63, 3.8) is 0 Å². The molecule has 5 aromatic rings. The SMILES string of the molecule is CS(=O)(=O)O.Cc1cn(-c2cc(NC(=O)c3ccc(C)c(Nc4nccc(-c5ccc[n+](COC(=O)NC(C)C)c5)n4)c3)cc(C(F)(F)F)c2)cn1.[I-]. The van der Waals surface area contributed by atoms with Crippen molar-refractivity contribution in [2.24, 2.45) is 0 Å². The average molecular weight is 869 g/mol. The zero-order chi connectivity index (χ0) is 38.2. The molecule has 0 radical (unpaired) electrons. The van der Waals surface area contributed by atoms with Gasteiger partial charge in [-0.3, -0.25) is 9.35 Å². The number of alkyl carbamates (subject to hydrolysis) is 1. The fourth-order valence-electron chi connectivity index (χ4n) is 4.52. The number of aromatic nitrogens is 5. The number of carbonyl (C=O) groups is 2. The van der Waals surface area contributed by atoms with Crippen LogP contribution in [0.2, 0.25) is 0 Å². The topological polar surface area (TPSA) is 181 Å². The Morgan fingerprint density at radius 3 is 2.42 bits per heavy atom. The van der Waals surface area contributed by atoms with E-state index in [2.05, 4.69) is 30.9 Å². The lowest BCUT2D eigenvalue weighted by molar-refractivity contribution is -0.726. The van der Waals surface area contributed by atoms with E-state index in [0.29, 0.717) is 23.3 Å². The number of hydrogen-bond acceptors (Lipinski definition) is 9. The van der Waals surface area contributed by atoms with E-state index in [1.54, 1.807) is 66.6 Å². The summed E-state index contributed by atoms with van der Waals surface area (Å²) in [5.41, 5.74) is 2.74. The van der Waals surface area contributed by atoms with Crippen LogP contribution < -0.4 is 44.5 Å². The summed E-state index contributed by atoms with van der Waals surface area (Å²) in [6.45, 7) is 7.23. The van der Waals surface area contributed by atoms with Gasteiger partial charge in [0.15, 0.2) is 12.4 Å². The molecule has 0 unspecified atom stereocenters. The van der Waals surface area contributed by atoms with Crippen molar-refractivity contribution >= 4 is 39.4 Å². The average Bonchev–Trinajstić information content (AvgIpc) is 3.49. The monoisotopic (exact) mass is 868 g/mol. The molecule has 5 rings (SSSR count). The maximum absolute atomic E-state index is 13.7. The first-order valence-electron chi connectivity index (χ1n) is 15.4. The summed E-state index contributed by atoms with van der Waals surface area (Å²) < 4.78 is 75.4. The van der Waals surface area contributed by atoms with Crippen molar-refractivity contribution < 1.29 is 69.0 Å². The van der Waals surface area contributed by atoms with Crippen molar-refractivity contribution in [2.45, 2.75) is 46.6 Å². The first kappa shape index (κ1) is 42.3. The second-order valence-electron chi connectivity index (χ2n) is 11.8. The molecular formula is C34H36F3IN8O6S. The Labute approximate surface area is 320 Å². The van der Waals surface area contributed by atoms with Gasteiger partial charge >= 0.3 is 12.3 Å². The number of rotatable bonds is 9. The summed E-state index contributed by atoms with van der Waals surface area (Å²) in [7, 11) is -3.67. The standard InChI is InChI=1S/C33H31F3N8O3.CH4O3S.HI/c1-20(2)39-32(46)47-19-43-11-5-6-24(17-43)28-9-10-37-31(41-28)42-29-12-23(8-7-21(29)3)30(45)40-26-13-25(33(34,35)36)14-27(15-26)44-16-22(4)38-18-44;1-5(2,3)4;/h5-18,20H,19H2,1-4H3,(H2-,37,39,40,41,42,45,46);1H3,(H,2,3,4);1H. The van der Waals surface area contributed by atoms with Crippen molar-refractivity contribution in [3.05, 3.63) is 108 Å². The maximum atomic E-state index is 13.7. The number of ether oxygens (including phenoxy) is 1. The maximum Gasteiger partial charge on any atom is 0.416 e. The number of carbonyl (C=O) groups excluding carboxylic acids is 2. The van der Waals surface area contributed by atoms with Crippen LogP contribution in [0.3, 0.4) is 0 Å². The highest BCUT2D eigenvalue weighted by Gasteiger charge is 2.31. The van der Waals surface area contributed by atoms with Gasteiger partial charge in [0.1, 0.15) is 0 Å². The lowest BCUT2D eigenvalue weighted by Crippen LogP contribution is -3.00. The molecule has 0 saturated carbocycles. The Morgan fingerprint density at radius 1 is 1.06 bits per heavy atom. The predicted octanol–water partition coefficient (Wildman–Crippen LogP) is 2.85. The minimum absolute atomic E-state index is 0. The van der Waals surface area contributed by atoms with Crippen molar-refractivity contribution in [3.8, 4) is 16.9 Å². The Balaban J connectivity index is 0.00000118. The van der Waals surface area contributed by atoms with Crippen LogP contribution in [0.1, 0.15) is 41.0 Å². The molecule has 4 N–H and O–H groups in total. The third-order valence-electron chi connectivity index (χ3n) is 6.82. The zero-order valence-electron chi connectivity index (χ0n) is 29.0. The molecule has 0 aliphatic carbocycles. The molecule has 0 saturated heterocycles. The Kier molecular flexibility index (Phi) is 14.4. The van der Waals surface area contributed by atoms with Gasteiger partial charge in [-0.05, 0) is 75.7 Å². The third kappa shape index (κ3) is 13.4. The van der Waals surface area contributed by atoms with Crippen LogP contribution in [-0.2, 0) is 27.8 Å². The lowest BCUT2D eigenvalue weighted by Gasteiger charge is -2.14. The summed E-state index contributed by atoms with van der Waals surface area (Å²) >= 11 is 0. The molecule has 282 valence electrons. The van der Waals surface area contributed by atoms with Crippen LogP contribution in [0.4, 0.5) is 35.3 Å². The number of amides is 2. The van der Waals surface area contributed by atoms with E-state index in [4.69, 9.17) is 9.29 Å². The van der Waals surface area contributed by atoms with Crippen molar-refractivity contribution in [2.75, 3.05) is 16.9 Å². The third-order valence-corrected chi connectivity index (χ3v) is 6.82. The number of imidazole rings is 1. The first-order chi connectivity index (χ1) is 24.3. The molecule has 0 bridgehead atoms. The van der Waals surface area contributed by atoms with Crippen LogP contribution >= 0.6 is 0 Å². The minimum atomic E-state index is -4.63. The fourth-order valence-corrected chi connectivity index (χ4v) is 4.52. The lowest BCUT2D eigenvalue weighted by atomic mass is 10.1. The molecule has 0 aliphatic heterocycles. The molecule has 0 aliphatic rings. The zero-order valence-corrected chi connectivity index (χ0v) is 32.0. The summed E-state index contributed by atoms with van der Waals surface area (Å²) in [5, 5.41) is 8.38. The van der Waals surface area contributed by atoms with Crippen molar-refractivity contribution in [1.29, 1.82) is 0 Å². The summed E-state index contributed by atoms with van der Waals surface area (Å²) in [4.78, 5) is 38.1. The molecule has 3 heterocycles. The molecule has 19 heteroatoms. The molecule has 2 aromatic carbocycles. The summed E-state index contributed by atoms with van der Waals surface area (Å²) in [6, 6.07) is 13.5. The highest BCUT2D eigenvalue weighted by atomic mass is 127. The Morgan fingerprint density at radius 2 is 1.77 bits per heavy atom. The van der Waals surface area contributed by atoms with Crippen LogP contribution in [0.25, 0.3) is 16.9 Å². The van der Waals surface area contributed by atoms with E-state index in [1.807, 2.05) is 26.8 Å². The van der Waals surface area contributed by atoms with Gasteiger partial charge in [0.25, 0.3) is 22.8 Å². The molecule has 3 aromatic heterocycles. The molecule has 2 amide bonds. The van der Waals surface area contributed by atoms with Crippen LogP contribution in [-0.4, -0.2) is 56.8 Å². The van der Waals surface area contributed by atoms with E-state index < -0.39 is 33.9 Å². The summed E-state index contributed by atoms with van der Waals surface area (Å²) in [5.74, 6) is -0.350. The molecule has 0 atom stereocenters. The number of anilines is 3. The predicted molar refractivity (Wildman–Crippen MR) is 186 cm³/mol. The number of pyridine rings is 1. The minimum Gasteiger partial charge on any atom is -1.00 e. The number of aryl methyl sites for hydroxylation is 2. The number of hydrogen-bond donors (Lipinski definition) is 4. The van der Waals surface area contributed by atoms with E-state index in [-0.39, 0.29) is 59.6 Å². The molecule has 14 nitrogen and oxygen atoms in total. The van der Waals surface area contributed by atoms with Crippen molar-refractivity contribution in [1.82, 2.24) is 24.8 Å². The number of nitrogens with one attached hydrogen (secondary N) is 3. The molecular weight excluding hydrogens is 832 g/mol. The fraction of sp³-hybridized carbons (Fsp3) is 0.235. The summed E-state index contributed by atoms with van der Waals surface area (Å²) in [6.07, 6.45) is 3.67. The normalized spacial score (nSPS) is 11.1. The van der Waals surface area contributed by atoms with E-state index in [9.17, 15) is 31.2 Å². The quantitative estimate of drug-likeness (QED) is 0.0978. The smallest absolute Gasteiger partial charge is 0.416 e. The van der Waals surface area contributed by atoms with Crippen LogP contribution in [0.15, 0.2) is 85.7 Å². The Bertz CT molecular complexity index is 2170. The van der Waals surface area contributed by atoms with Gasteiger partial charge in [0.2, 0.25) is 5.95 Å². The van der Waals surface area contributed by atoms with Gasteiger partial charge in [-0.1, -0.05) is 6.07 Å². The van der Waals surface area contributed by atoms with Crippen LogP contribution in [0.5, 0.6) is 0 Å². The first-order valence-corrected chi connectivity index (χ1v) is 17.3. The van der Waals surface area contributed by atoms with Gasteiger partial charge in [0.05, 0.1) is 35.1 Å². The number of benzene rings is 2. The number of alkyl halides is 3. The highest BCUT2D eigenvalue weighted by Crippen LogP contribution is 2.33. The van der Waals surface area contributed by atoms with E-state index in [0.717, 1.165) is 23.3 Å².